The Labute approximate surface area is 115 Å². The van der Waals surface area contributed by atoms with Crippen molar-refractivity contribution in [1.29, 1.82) is 0 Å². The van der Waals surface area contributed by atoms with Gasteiger partial charge < -0.3 is 15.8 Å². The Kier molecular flexibility index (Phi) is 6.36. The number of rotatable bonds is 7. The van der Waals surface area contributed by atoms with Crippen LogP contribution in [0, 0.1) is 5.92 Å². The summed E-state index contributed by atoms with van der Waals surface area (Å²) in [5.74, 6) is 0.913. The van der Waals surface area contributed by atoms with E-state index in [1.165, 1.54) is 0 Å². The zero-order valence-corrected chi connectivity index (χ0v) is 12.0. The number of hydrogen-bond donors (Lipinski definition) is 2. The average molecular weight is 264 g/mol. The predicted molar refractivity (Wildman–Crippen MR) is 78.2 cm³/mol. The van der Waals surface area contributed by atoms with Crippen LogP contribution in [0.4, 0.5) is 5.69 Å². The summed E-state index contributed by atoms with van der Waals surface area (Å²) in [5.41, 5.74) is 7.39. The molecule has 0 saturated heterocycles. The Morgan fingerprint density at radius 1 is 1.32 bits per heavy atom. The number of carbonyl (C=O) groups excluding carboxylic acids is 1. The second-order valence-electron chi connectivity index (χ2n) is 4.46. The summed E-state index contributed by atoms with van der Waals surface area (Å²) in [6.45, 7) is 6.98. The van der Waals surface area contributed by atoms with Crippen LogP contribution in [0.15, 0.2) is 18.2 Å². The van der Waals surface area contributed by atoms with E-state index in [2.05, 4.69) is 5.32 Å². The van der Waals surface area contributed by atoms with E-state index in [0.29, 0.717) is 13.2 Å². The molecule has 0 spiro atoms. The van der Waals surface area contributed by atoms with Crippen LogP contribution >= 0.6 is 0 Å². The molecule has 1 aromatic carbocycles. The molecule has 3 N–H and O–H groups in total. The predicted octanol–water partition coefficient (Wildman–Crippen LogP) is 2.92. The molecule has 4 heteroatoms. The number of benzene rings is 1. The van der Waals surface area contributed by atoms with E-state index in [1.807, 2.05) is 39.0 Å². The van der Waals surface area contributed by atoms with Crippen LogP contribution < -0.4 is 15.8 Å². The third kappa shape index (κ3) is 4.24. The van der Waals surface area contributed by atoms with E-state index in [4.69, 9.17) is 10.5 Å². The molecule has 19 heavy (non-hydrogen) atoms. The molecule has 0 bridgehead atoms. The van der Waals surface area contributed by atoms with Gasteiger partial charge in [0.05, 0.1) is 6.61 Å². The monoisotopic (exact) mass is 264 g/mol. The van der Waals surface area contributed by atoms with Gasteiger partial charge in [-0.05, 0) is 38.0 Å². The first-order chi connectivity index (χ1) is 9.15. The fourth-order valence-electron chi connectivity index (χ4n) is 2.02. The van der Waals surface area contributed by atoms with Crippen molar-refractivity contribution in [3.63, 3.8) is 0 Å². The van der Waals surface area contributed by atoms with E-state index >= 15 is 0 Å². The third-order valence-electron chi connectivity index (χ3n) is 3.20. The molecule has 0 aromatic heterocycles. The fraction of sp³-hybridized carbons (Fsp3) is 0.533. The van der Waals surface area contributed by atoms with Gasteiger partial charge in [0.1, 0.15) is 5.75 Å². The van der Waals surface area contributed by atoms with Gasteiger partial charge in [0.25, 0.3) is 0 Å². The van der Waals surface area contributed by atoms with E-state index in [9.17, 15) is 4.79 Å². The summed E-state index contributed by atoms with van der Waals surface area (Å²) in [7, 11) is 0. The molecule has 1 aromatic rings. The molecule has 0 aliphatic heterocycles. The molecule has 0 radical (unpaired) electrons. The molecule has 0 atom stereocenters. The molecule has 0 aliphatic rings. The van der Waals surface area contributed by atoms with E-state index in [-0.39, 0.29) is 11.8 Å². The van der Waals surface area contributed by atoms with Crippen molar-refractivity contribution in [2.24, 2.45) is 11.7 Å². The number of amides is 1. The van der Waals surface area contributed by atoms with Crippen LogP contribution in [0.2, 0.25) is 0 Å². The Morgan fingerprint density at radius 2 is 2.00 bits per heavy atom. The Bertz CT molecular complexity index is 415. The Morgan fingerprint density at radius 3 is 2.53 bits per heavy atom. The molecule has 4 nitrogen and oxygen atoms in total. The molecule has 0 unspecified atom stereocenters. The number of nitrogens with two attached hydrogens (primary N) is 1. The normalized spacial score (nSPS) is 10.6. The van der Waals surface area contributed by atoms with Gasteiger partial charge in [0.15, 0.2) is 0 Å². The zero-order valence-electron chi connectivity index (χ0n) is 12.0. The number of anilines is 1. The first kappa shape index (κ1) is 15.5. The number of carbonyl (C=O) groups is 1. The number of ether oxygens (including phenoxy) is 1. The Balaban J connectivity index is 2.82. The standard InChI is InChI=1S/C15H24N2O2/c1-4-11(5-2)15(18)17-13-7-8-14(19-6-3)12(9-13)10-16/h7-9,11H,4-6,10,16H2,1-3H3,(H,17,18). The molecule has 0 aliphatic carbocycles. The van der Waals surface area contributed by atoms with Crippen LogP contribution in [-0.4, -0.2) is 12.5 Å². The fourth-order valence-corrected chi connectivity index (χ4v) is 2.02. The van der Waals surface area contributed by atoms with Crippen molar-refractivity contribution >= 4 is 11.6 Å². The quantitative estimate of drug-likeness (QED) is 0.796. The maximum atomic E-state index is 12.0. The second-order valence-corrected chi connectivity index (χ2v) is 4.46. The van der Waals surface area contributed by atoms with Crippen LogP contribution in [0.1, 0.15) is 39.2 Å². The Hall–Kier alpha value is -1.55. The zero-order chi connectivity index (χ0) is 14.3. The highest BCUT2D eigenvalue weighted by Crippen LogP contribution is 2.23. The van der Waals surface area contributed by atoms with Crippen LogP contribution in [0.25, 0.3) is 0 Å². The van der Waals surface area contributed by atoms with Crippen LogP contribution in [0.3, 0.4) is 0 Å². The van der Waals surface area contributed by atoms with E-state index in [1.54, 1.807) is 0 Å². The van der Waals surface area contributed by atoms with Crippen molar-refractivity contribution in [2.45, 2.75) is 40.2 Å². The van der Waals surface area contributed by atoms with Crippen molar-refractivity contribution in [2.75, 3.05) is 11.9 Å². The summed E-state index contributed by atoms with van der Waals surface area (Å²) in [5, 5.41) is 2.94. The average Bonchev–Trinajstić information content (AvgIpc) is 2.42. The van der Waals surface area contributed by atoms with Gasteiger partial charge >= 0.3 is 0 Å². The highest BCUT2D eigenvalue weighted by Gasteiger charge is 2.14. The minimum absolute atomic E-state index is 0.0629. The second kappa shape index (κ2) is 7.79. The van der Waals surface area contributed by atoms with Crippen molar-refractivity contribution in [3.8, 4) is 5.75 Å². The molecular weight excluding hydrogens is 240 g/mol. The van der Waals surface area contributed by atoms with Crippen molar-refractivity contribution < 1.29 is 9.53 Å². The minimum Gasteiger partial charge on any atom is -0.494 e. The molecule has 1 rings (SSSR count). The van der Waals surface area contributed by atoms with Gasteiger partial charge in [-0.2, -0.15) is 0 Å². The highest BCUT2D eigenvalue weighted by molar-refractivity contribution is 5.92. The number of hydrogen-bond acceptors (Lipinski definition) is 3. The molecule has 0 heterocycles. The highest BCUT2D eigenvalue weighted by atomic mass is 16.5. The lowest BCUT2D eigenvalue weighted by molar-refractivity contribution is -0.120. The summed E-state index contributed by atoms with van der Waals surface area (Å²) in [4.78, 5) is 12.0. The lowest BCUT2D eigenvalue weighted by Gasteiger charge is -2.15. The van der Waals surface area contributed by atoms with Crippen LogP contribution in [0.5, 0.6) is 5.75 Å². The lowest BCUT2D eigenvalue weighted by Crippen LogP contribution is -2.21. The summed E-state index contributed by atoms with van der Waals surface area (Å²) in [6, 6.07) is 5.59. The number of nitrogens with one attached hydrogen (secondary N) is 1. The lowest BCUT2D eigenvalue weighted by atomic mass is 10.0. The maximum absolute atomic E-state index is 12.0. The third-order valence-corrected chi connectivity index (χ3v) is 3.20. The van der Waals surface area contributed by atoms with E-state index in [0.717, 1.165) is 29.8 Å². The largest absolute Gasteiger partial charge is 0.494 e. The van der Waals surface area contributed by atoms with Gasteiger partial charge in [0, 0.05) is 23.7 Å². The van der Waals surface area contributed by atoms with Crippen molar-refractivity contribution in [1.82, 2.24) is 0 Å². The molecule has 1 amide bonds. The van der Waals surface area contributed by atoms with Gasteiger partial charge in [-0.25, -0.2) is 0 Å². The van der Waals surface area contributed by atoms with E-state index < -0.39 is 0 Å². The summed E-state index contributed by atoms with van der Waals surface area (Å²) in [6.07, 6.45) is 1.70. The minimum atomic E-state index is 0.0629. The molecule has 0 saturated carbocycles. The molecule has 106 valence electrons. The maximum Gasteiger partial charge on any atom is 0.227 e. The smallest absolute Gasteiger partial charge is 0.227 e. The van der Waals surface area contributed by atoms with Gasteiger partial charge in [0.2, 0.25) is 5.91 Å². The molecular formula is C15H24N2O2. The van der Waals surface area contributed by atoms with Gasteiger partial charge in [-0.15, -0.1) is 0 Å². The summed E-state index contributed by atoms with van der Waals surface area (Å²) >= 11 is 0. The topological polar surface area (TPSA) is 64.3 Å². The summed E-state index contributed by atoms with van der Waals surface area (Å²) < 4.78 is 5.48. The molecule has 0 fully saturated rings. The van der Waals surface area contributed by atoms with Crippen molar-refractivity contribution in [3.05, 3.63) is 23.8 Å². The van der Waals surface area contributed by atoms with Crippen LogP contribution in [-0.2, 0) is 11.3 Å². The van der Waals surface area contributed by atoms with Gasteiger partial charge in [-0.1, -0.05) is 13.8 Å². The van der Waals surface area contributed by atoms with Gasteiger partial charge in [-0.3, -0.25) is 4.79 Å². The SMILES string of the molecule is CCOc1ccc(NC(=O)C(CC)CC)cc1CN. The first-order valence-corrected chi connectivity index (χ1v) is 6.92. The first-order valence-electron chi connectivity index (χ1n) is 6.92.